The molecule has 0 aromatic carbocycles. The minimum absolute atomic E-state index is 0.0593. The molecule has 1 aliphatic heterocycles. The van der Waals surface area contributed by atoms with Gasteiger partial charge in [0, 0.05) is 39.0 Å². The molecule has 0 amide bonds. The van der Waals surface area contributed by atoms with Crippen LogP contribution in [-0.4, -0.2) is 61.2 Å². The average molecular weight is 546 g/mol. The minimum Gasteiger partial charge on any atom is -0.469 e. The Balaban J connectivity index is 1.64. The van der Waals surface area contributed by atoms with Crippen molar-refractivity contribution in [2.75, 3.05) is 25.1 Å². The van der Waals surface area contributed by atoms with Gasteiger partial charge in [-0.3, -0.25) is 13.9 Å². The smallest absolute Gasteiger partial charge is 0.328 e. The Labute approximate surface area is 226 Å². The van der Waals surface area contributed by atoms with Gasteiger partial charge in [0.25, 0.3) is 5.92 Å². The van der Waals surface area contributed by atoms with E-state index in [0.717, 1.165) is 12.1 Å². The SMILES string of the molecule is CCc1nc(-c2nnn(C)c2Cn2cc(CC(C)C)n(C)c2=O)ccc1N1C[C@H](CC(=O)OC)CC(F)(F)C1. The van der Waals surface area contributed by atoms with Gasteiger partial charge in [-0.05, 0) is 36.8 Å². The van der Waals surface area contributed by atoms with Crippen molar-refractivity contribution < 1.29 is 18.3 Å². The van der Waals surface area contributed by atoms with E-state index < -0.39 is 24.4 Å². The van der Waals surface area contributed by atoms with Crippen LogP contribution in [0.3, 0.4) is 0 Å². The van der Waals surface area contributed by atoms with Crippen LogP contribution in [0, 0.1) is 11.8 Å². The van der Waals surface area contributed by atoms with Gasteiger partial charge in [0.2, 0.25) is 0 Å². The van der Waals surface area contributed by atoms with Gasteiger partial charge in [0.15, 0.2) is 0 Å². The molecule has 39 heavy (non-hydrogen) atoms. The predicted molar refractivity (Wildman–Crippen MR) is 143 cm³/mol. The second kappa shape index (κ2) is 11.3. The predicted octanol–water partition coefficient (Wildman–Crippen LogP) is 3.21. The van der Waals surface area contributed by atoms with Crippen molar-refractivity contribution in [3.05, 3.63) is 45.9 Å². The molecule has 1 atom stereocenters. The Hall–Kier alpha value is -3.57. The molecule has 1 fully saturated rings. The summed E-state index contributed by atoms with van der Waals surface area (Å²) in [6, 6.07) is 3.54. The molecule has 3 aromatic heterocycles. The number of rotatable bonds is 9. The summed E-state index contributed by atoms with van der Waals surface area (Å²) in [7, 11) is 4.80. The molecule has 12 heteroatoms. The van der Waals surface area contributed by atoms with Gasteiger partial charge in [-0.1, -0.05) is 26.0 Å². The highest BCUT2D eigenvalue weighted by molar-refractivity contribution is 5.70. The van der Waals surface area contributed by atoms with Gasteiger partial charge in [-0.2, -0.15) is 0 Å². The Morgan fingerprint density at radius 3 is 2.67 bits per heavy atom. The standard InChI is InChI=1S/C27H37F2N7O3/c1-7-20-22(36-13-18(11-24(37)39-6)12-27(28,29)16-36)9-8-21(30-20)25-23(34(5)32-31-25)15-35-14-19(10-17(2)3)33(4)26(35)38/h8-9,14,17-18H,7,10-13,15-16H2,1-6H3/t18-/m1/s1. The molecule has 0 bridgehead atoms. The van der Waals surface area contributed by atoms with E-state index in [1.54, 1.807) is 44.9 Å². The summed E-state index contributed by atoms with van der Waals surface area (Å²) < 4.78 is 38.9. The molecule has 4 rings (SSSR count). The van der Waals surface area contributed by atoms with E-state index in [4.69, 9.17) is 9.72 Å². The first-order valence-corrected chi connectivity index (χ1v) is 13.3. The monoisotopic (exact) mass is 545 g/mol. The number of imidazole rings is 1. The third-order valence-corrected chi connectivity index (χ3v) is 7.19. The molecule has 0 saturated carbocycles. The number of pyridine rings is 1. The van der Waals surface area contributed by atoms with Gasteiger partial charge >= 0.3 is 11.7 Å². The molecule has 212 valence electrons. The topological polar surface area (TPSA) is 100 Å². The molecule has 10 nitrogen and oxygen atoms in total. The van der Waals surface area contributed by atoms with E-state index in [-0.39, 0.29) is 25.1 Å². The number of aromatic nitrogens is 6. The van der Waals surface area contributed by atoms with Gasteiger partial charge in [0.05, 0.1) is 49.4 Å². The lowest BCUT2D eigenvalue weighted by Crippen LogP contribution is -2.48. The molecule has 0 aliphatic carbocycles. The van der Waals surface area contributed by atoms with Crippen molar-refractivity contribution in [1.29, 1.82) is 0 Å². The van der Waals surface area contributed by atoms with Gasteiger partial charge < -0.3 is 9.64 Å². The molecule has 3 aromatic rings. The summed E-state index contributed by atoms with van der Waals surface area (Å²) in [5.74, 6) is -3.55. The Bertz CT molecular complexity index is 1390. The van der Waals surface area contributed by atoms with E-state index in [2.05, 4.69) is 24.2 Å². The lowest BCUT2D eigenvalue weighted by atomic mass is 9.91. The van der Waals surface area contributed by atoms with Crippen LogP contribution in [0.1, 0.15) is 50.7 Å². The highest BCUT2D eigenvalue weighted by Gasteiger charge is 2.41. The third-order valence-electron chi connectivity index (χ3n) is 7.19. The van der Waals surface area contributed by atoms with Gasteiger partial charge in [-0.15, -0.1) is 5.10 Å². The van der Waals surface area contributed by atoms with Crippen LogP contribution in [0.2, 0.25) is 0 Å². The fraction of sp³-hybridized carbons (Fsp3) is 0.593. The maximum atomic E-state index is 14.7. The number of alkyl halides is 2. The Kier molecular flexibility index (Phi) is 8.22. The molecule has 1 aliphatic rings. The summed E-state index contributed by atoms with van der Waals surface area (Å²) in [4.78, 5) is 31.1. The number of methoxy groups -OCH3 is 1. The lowest BCUT2D eigenvalue weighted by molar-refractivity contribution is -0.142. The van der Waals surface area contributed by atoms with Crippen molar-refractivity contribution in [2.24, 2.45) is 25.9 Å². The lowest BCUT2D eigenvalue weighted by Gasteiger charge is -2.39. The van der Waals surface area contributed by atoms with E-state index in [1.807, 2.05) is 13.1 Å². The number of aryl methyl sites for hydroxylation is 2. The van der Waals surface area contributed by atoms with E-state index in [1.165, 1.54) is 7.11 Å². The number of anilines is 1. The van der Waals surface area contributed by atoms with Crippen LogP contribution in [0.5, 0.6) is 0 Å². The Morgan fingerprint density at radius 2 is 2.00 bits per heavy atom. The first-order valence-electron chi connectivity index (χ1n) is 13.3. The first-order chi connectivity index (χ1) is 18.4. The van der Waals surface area contributed by atoms with Crippen LogP contribution < -0.4 is 10.6 Å². The summed E-state index contributed by atoms with van der Waals surface area (Å²) in [6.07, 6.45) is 2.75. The first kappa shape index (κ1) is 28.4. The van der Waals surface area contributed by atoms with Crippen molar-refractivity contribution in [3.8, 4) is 11.4 Å². The number of esters is 1. The summed E-state index contributed by atoms with van der Waals surface area (Å²) in [5.41, 5.74) is 3.89. The highest BCUT2D eigenvalue weighted by atomic mass is 19.3. The second-order valence-electron chi connectivity index (χ2n) is 10.8. The van der Waals surface area contributed by atoms with Crippen molar-refractivity contribution in [1.82, 2.24) is 29.1 Å². The zero-order valence-corrected chi connectivity index (χ0v) is 23.4. The number of carbonyl (C=O) groups is 1. The molecule has 0 N–H and O–H groups in total. The maximum absolute atomic E-state index is 14.7. The summed E-state index contributed by atoms with van der Waals surface area (Å²) >= 11 is 0. The maximum Gasteiger partial charge on any atom is 0.328 e. The van der Waals surface area contributed by atoms with Gasteiger partial charge in [0.1, 0.15) is 5.69 Å². The minimum atomic E-state index is -2.93. The third kappa shape index (κ3) is 6.20. The number of piperidine rings is 1. The quantitative estimate of drug-likeness (QED) is 0.381. The van der Waals surface area contributed by atoms with Crippen LogP contribution in [0.15, 0.2) is 23.1 Å². The number of ether oxygens (including phenoxy) is 1. The number of hydrogen-bond donors (Lipinski definition) is 0. The van der Waals surface area contributed by atoms with Crippen LogP contribution in [0.4, 0.5) is 14.5 Å². The second-order valence-corrected chi connectivity index (χ2v) is 10.8. The molecular weight excluding hydrogens is 508 g/mol. The fourth-order valence-electron chi connectivity index (χ4n) is 5.29. The normalized spacial score (nSPS) is 17.2. The summed E-state index contributed by atoms with van der Waals surface area (Å²) in [6.45, 7) is 6.27. The molecule has 0 spiro atoms. The fourth-order valence-corrected chi connectivity index (χ4v) is 5.29. The van der Waals surface area contributed by atoms with Crippen LogP contribution >= 0.6 is 0 Å². The summed E-state index contributed by atoms with van der Waals surface area (Å²) in [5, 5.41) is 8.51. The molecular formula is C27H37F2N7O3. The van der Waals surface area contributed by atoms with Crippen molar-refractivity contribution >= 4 is 11.7 Å². The van der Waals surface area contributed by atoms with Crippen LogP contribution in [0.25, 0.3) is 11.4 Å². The van der Waals surface area contributed by atoms with E-state index in [0.29, 0.717) is 47.3 Å². The number of hydrogen-bond acceptors (Lipinski definition) is 7. The van der Waals surface area contributed by atoms with E-state index >= 15 is 0 Å². The molecule has 0 radical (unpaired) electrons. The molecule has 1 saturated heterocycles. The average Bonchev–Trinajstić information content (AvgIpc) is 3.36. The Morgan fingerprint density at radius 1 is 1.26 bits per heavy atom. The largest absolute Gasteiger partial charge is 0.469 e. The van der Waals surface area contributed by atoms with Crippen molar-refractivity contribution in [2.45, 2.75) is 58.9 Å². The number of halogens is 2. The number of nitrogens with zero attached hydrogens (tertiary/aromatic N) is 7. The molecule has 4 heterocycles. The van der Waals surface area contributed by atoms with E-state index in [9.17, 15) is 18.4 Å². The highest BCUT2D eigenvalue weighted by Crippen LogP contribution is 2.36. The van der Waals surface area contributed by atoms with Crippen molar-refractivity contribution in [3.63, 3.8) is 0 Å². The van der Waals surface area contributed by atoms with Gasteiger partial charge in [-0.25, -0.2) is 23.2 Å². The van der Waals surface area contributed by atoms with Crippen LogP contribution in [-0.2, 0) is 43.0 Å². The number of carbonyl (C=O) groups excluding carboxylic acids is 1. The zero-order chi connectivity index (χ0) is 28.5. The zero-order valence-electron chi connectivity index (χ0n) is 23.4. The molecule has 0 unspecified atom stereocenters.